The summed E-state index contributed by atoms with van der Waals surface area (Å²) in [5.41, 5.74) is 1.24. The van der Waals surface area contributed by atoms with Gasteiger partial charge in [0.05, 0.1) is 19.1 Å². The summed E-state index contributed by atoms with van der Waals surface area (Å²) < 4.78 is 35.9. The molecule has 0 saturated carbocycles. The van der Waals surface area contributed by atoms with E-state index in [-0.39, 0.29) is 11.4 Å². The predicted octanol–water partition coefficient (Wildman–Crippen LogP) is 3.07. The summed E-state index contributed by atoms with van der Waals surface area (Å²) in [5, 5.41) is 3.49. The minimum absolute atomic E-state index is 0.162. The molecule has 8 heteroatoms. The van der Waals surface area contributed by atoms with E-state index >= 15 is 0 Å². The fourth-order valence-electron chi connectivity index (χ4n) is 2.35. The highest BCUT2D eigenvalue weighted by Crippen LogP contribution is 2.29. The van der Waals surface area contributed by atoms with Crippen molar-refractivity contribution in [1.82, 2.24) is 0 Å². The molecular formula is C17H16N2O5S. The number of furan rings is 1. The topological polar surface area (TPSA) is 97.6 Å². The van der Waals surface area contributed by atoms with Gasteiger partial charge in [0.1, 0.15) is 11.3 Å². The summed E-state index contributed by atoms with van der Waals surface area (Å²) >= 11 is 0. The maximum absolute atomic E-state index is 12.4. The maximum Gasteiger partial charge on any atom is 0.291 e. The Morgan fingerprint density at radius 2 is 1.88 bits per heavy atom. The zero-order valence-electron chi connectivity index (χ0n) is 13.6. The summed E-state index contributed by atoms with van der Waals surface area (Å²) in [6.07, 6.45) is 1.03. The molecular weight excluding hydrogens is 344 g/mol. The van der Waals surface area contributed by atoms with Crippen molar-refractivity contribution in [3.63, 3.8) is 0 Å². The number of benzene rings is 2. The Hall–Kier alpha value is -3.00. The first-order valence-corrected chi connectivity index (χ1v) is 9.20. The Balaban J connectivity index is 1.86. The minimum atomic E-state index is -3.49. The number of anilines is 2. The molecule has 7 nitrogen and oxygen atoms in total. The molecule has 1 amide bonds. The third-order valence-corrected chi connectivity index (χ3v) is 3.99. The molecule has 25 heavy (non-hydrogen) atoms. The van der Waals surface area contributed by atoms with Crippen molar-refractivity contribution in [2.24, 2.45) is 0 Å². The van der Waals surface area contributed by atoms with Crippen molar-refractivity contribution in [3.8, 4) is 5.75 Å². The molecule has 0 bridgehead atoms. The maximum atomic E-state index is 12.4. The average Bonchev–Trinajstić information content (AvgIpc) is 2.98. The van der Waals surface area contributed by atoms with Crippen LogP contribution in [0.2, 0.25) is 0 Å². The van der Waals surface area contributed by atoms with E-state index in [4.69, 9.17) is 9.15 Å². The van der Waals surface area contributed by atoms with Crippen molar-refractivity contribution in [3.05, 3.63) is 54.3 Å². The molecule has 3 rings (SSSR count). The fraction of sp³-hybridized carbons (Fsp3) is 0.118. The molecule has 2 N–H and O–H groups in total. The number of carbonyl (C=O) groups excluding carboxylic acids is 1. The minimum Gasteiger partial charge on any atom is -0.495 e. The van der Waals surface area contributed by atoms with Gasteiger partial charge in [0, 0.05) is 11.1 Å². The van der Waals surface area contributed by atoms with E-state index in [0.29, 0.717) is 17.0 Å². The Morgan fingerprint density at radius 1 is 1.12 bits per heavy atom. The highest BCUT2D eigenvalue weighted by Gasteiger charge is 2.14. The van der Waals surface area contributed by atoms with Crippen molar-refractivity contribution < 1.29 is 22.4 Å². The Labute approximate surface area is 144 Å². The van der Waals surface area contributed by atoms with Crippen LogP contribution in [0.3, 0.4) is 0 Å². The van der Waals surface area contributed by atoms with Crippen molar-refractivity contribution >= 4 is 38.3 Å². The van der Waals surface area contributed by atoms with Crippen LogP contribution in [0, 0.1) is 0 Å². The SMILES string of the molecule is COc1ccc(NC(=O)c2cc3ccccc3o2)cc1NS(C)(=O)=O. The molecule has 0 aliphatic carbocycles. The number of methoxy groups -OCH3 is 1. The monoisotopic (exact) mass is 360 g/mol. The Bertz CT molecular complexity index is 1010. The zero-order chi connectivity index (χ0) is 18.0. The number of nitrogens with one attached hydrogen (secondary N) is 2. The van der Waals surface area contributed by atoms with Crippen LogP contribution in [-0.4, -0.2) is 27.7 Å². The van der Waals surface area contributed by atoms with E-state index in [0.717, 1.165) is 11.6 Å². The van der Waals surface area contributed by atoms with E-state index in [9.17, 15) is 13.2 Å². The summed E-state index contributed by atoms with van der Waals surface area (Å²) in [4.78, 5) is 12.4. The predicted molar refractivity (Wildman–Crippen MR) is 95.6 cm³/mol. The molecule has 130 valence electrons. The molecule has 0 fully saturated rings. The molecule has 0 aliphatic rings. The number of carbonyl (C=O) groups is 1. The first kappa shape index (κ1) is 16.8. The normalized spacial score (nSPS) is 11.3. The molecule has 0 saturated heterocycles. The lowest BCUT2D eigenvalue weighted by atomic mass is 10.2. The van der Waals surface area contributed by atoms with Gasteiger partial charge in [0.25, 0.3) is 5.91 Å². The average molecular weight is 360 g/mol. The van der Waals surface area contributed by atoms with Crippen LogP contribution in [0.4, 0.5) is 11.4 Å². The van der Waals surface area contributed by atoms with Crippen LogP contribution in [-0.2, 0) is 10.0 Å². The van der Waals surface area contributed by atoms with Gasteiger partial charge < -0.3 is 14.5 Å². The number of ether oxygens (including phenoxy) is 1. The molecule has 0 aliphatic heterocycles. The first-order chi connectivity index (χ1) is 11.9. The second kappa shape index (κ2) is 6.48. The lowest BCUT2D eigenvalue weighted by molar-refractivity contribution is 0.0998. The van der Waals surface area contributed by atoms with Gasteiger partial charge in [-0.2, -0.15) is 0 Å². The van der Waals surface area contributed by atoms with Gasteiger partial charge in [-0.05, 0) is 30.3 Å². The number of hydrogen-bond donors (Lipinski definition) is 2. The summed E-state index contributed by atoms with van der Waals surface area (Å²) in [7, 11) is -2.06. The van der Waals surface area contributed by atoms with E-state index in [1.54, 1.807) is 24.3 Å². The molecule has 0 radical (unpaired) electrons. The molecule has 0 atom stereocenters. The number of rotatable bonds is 5. The molecule has 0 spiro atoms. The van der Waals surface area contributed by atoms with E-state index < -0.39 is 15.9 Å². The lowest BCUT2D eigenvalue weighted by Crippen LogP contribution is -2.13. The van der Waals surface area contributed by atoms with Crippen LogP contribution in [0.25, 0.3) is 11.0 Å². The summed E-state index contributed by atoms with van der Waals surface area (Å²) in [6, 6.07) is 13.6. The van der Waals surface area contributed by atoms with Gasteiger partial charge in [-0.15, -0.1) is 0 Å². The van der Waals surface area contributed by atoms with E-state index in [2.05, 4.69) is 10.0 Å². The molecule has 3 aromatic rings. The van der Waals surface area contributed by atoms with Crippen LogP contribution in [0.1, 0.15) is 10.6 Å². The number of hydrogen-bond acceptors (Lipinski definition) is 5. The van der Waals surface area contributed by atoms with Crippen LogP contribution in [0.5, 0.6) is 5.75 Å². The fourth-order valence-corrected chi connectivity index (χ4v) is 2.91. The smallest absolute Gasteiger partial charge is 0.291 e. The van der Waals surface area contributed by atoms with Crippen molar-refractivity contribution in [2.45, 2.75) is 0 Å². The number of amides is 1. The van der Waals surface area contributed by atoms with Gasteiger partial charge in [-0.1, -0.05) is 18.2 Å². The second-order valence-electron chi connectivity index (χ2n) is 5.39. The second-order valence-corrected chi connectivity index (χ2v) is 7.14. The third kappa shape index (κ3) is 3.92. The van der Waals surface area contributed by atoms with Crippen molar-refractivity contribution in [2.75, 3.05) is 23.4 Å². The number of para-hydroxylation sites is 1. The summed E-state index contributed by atoms with van der Waals surface area (Å²) in [5.74, 6) is 0.0634. The van der Waals surface area contributed by atoms with Gasteiger partial charge in [-0.25, -0.2) is 8.42 Å². The molecule has 0 unspecified atom stereocenters. The number of sulfonamides is 1. The van der Waals surface area contributed by atoms with Gasteiger partial charge >= 0.3 is 0 Å². The third-order valence-electron chi connectivity index (χ3n) is 3.40. The highest BCUT2D eigenvalue weighted by atomic mass is 32.2. The quantitative estimate of drug-likeness (QED) is 0.729. The van der Waals surface area contributed by atoms with Gasteiger partial charge in [0.2, 0.25) is 10.0 Å². The van der Waals surface area contributed by atoms with E-state index in [1.807, 2.05) is 18.2 Å². The zero-order valence-corrected chi connectivity index (χ0v) is 14.4. The van der Waals surface area contributed by atoms with Crippen LogP contribution >= 0.6 is 0 Å². The van der Waals surface area contributed by atoms with Gasteiger partial charge in [0.15, 0.2) is 5.76 Å². The lowest BCUT2D eigenvalue weighted by Gasteiger charge is -2.12. The molecule has 1 aromatic heterocycles. The Morgan fingerprint density at radius 3 is 2.56 bits per heavy atom. The van der Waals surface area contributed by atoms with Crippen molar-refractivity contribution in [1.29, 1.82) is 0 Å². The molecule has 2 aromatic carbocycles. The standard InChI is InChI=1S/C17H16N2O5S/c1-23-15-8-7-12(10-13(15)19-25(2,21)22)18-17(20)16-9-11-5-3-4-6-14(11)24-16/h3-10,19H,1-2H3,(H,18,20). The number of fused-ring (bicyclic) bond motifs is 1. The highest BCUT2D eigenvalue weighted by molar-refractivity contribution is 7.92. The van der Waals surface area contributed by atoms with Crippen LogP contribution in [0.15, 0.2) is 52.9 Å². The van der Waals surface area contributed by atoms with Crippen LogP contribution < -0.4 is 14.8 Å². The van der Waals surface area contributed by atoms with E-state index in [1.165, 1.54) is 13.2 Å². The largest absolute Gasteiger partial charge is 0.495 e. The summed E-state index contributed by atoms with van der Waals surface area (Å²) in [6.45, 7) is 0. The first-order valence-electron chi connectivity index (χ1n) is 7.31. The Kier molecular flexibility index (Phi) is 4.37. The van der Waals surface area contributed by atoms with Gasteiger partial charge in [-0.3, -0.25) is 9.52 Å². The molecule has 1 heterocycles.